The van der Waals surface area contributed by atoms with Gasteiger partial charge in [-0.1, -0.05) is 13.3 Å². The van der Waals surface area contributed by atoms with Crippen LogP contribution in [-0.2, 0) is 17.8 Å². The van der Waals surface area contributed by atoms with Crippen LogP contribution in [0, 0.1) is 10.1 Å². The quantitative estimate of drug-likeness (QED) is 0.514. The fourth-order valence-electron chi connectivity index (χ4n) is 2.56. The monoisotopic (exact) mass is 320 g/mol. The van der Waals surface area contributed by atoms with Gasteiger partial charge in [-0.3, -0.25) is 14.5 Å². The number of carboxylic acids is 1. The fraction of sp³-hybridized carbons (Fsp3) is 0.467. The van der Waals surface area contributed by atoms with Crippen LogP contribution in [0.4, 0.5) is 5.69 Å². The summed E-state index contributed by atoms with van der Waals surface area (Å²) in [6, 6.07) is 2.89. The molecule has 124 valence electrons. The Morgan fingerprint density at radius 3 is 2.78 bits per heavy atom. The Morgan fingerprint density at radius 1 is 1.43 bits per heavy atom. The number of nitro groups is 1. The Morgan fingerprint density at radius 2 is 2.17 bits per heavy atom. The van der Waals surface area contributed by atoms with Gasteiger partial charge in [-0.05, 0) is 12.5 Å². The number of hydrogen-bond donors (Lipinski definition) is 1. The summed E-state index contributed by atoms with van der Waals surface area (Å²) in [4.78, 5) is 26.9. The second-order valence-electron chi connectivity index (χ2n) is 5.66. The molecule has 0 aliphatic carbocycles. The number of carbonyl (C=O) groups excluding carboxylic acids is 1. The van der Waals surface area contributed by atoms with E-state index in [0.717, 1.165) is 19.4 Å². The number of carboxylic acid groups (broad SMARTS) is 1. The zero-order chi connectivity index (χ0) is 17.0. The normalized spacial score (nSPS) is 12.4. The predicted octanol–water partition coefficient (Wildman–Crippen LogP) is -0.650. The van der Waals surface area contributed by atoms with Crippen molar-refractivity contribution in [1.29, 1.82) is 0 Å². The molecule has 0 spiro atoms. The molecule has 0 aromatic carbocycles. The molecule has 1 N–H and O–H groups in total. The van der Waals surface area contributed by atoms with Crippen LogP contribution in [0.15, 0.2) is 18.3 Å². The number of rotatable bonds is 8. The highest BCUT2D eigenvalue weighted by Crippen LogP contribution is 2.18. The highest BCUT2D eigenvalue weighted by Gasteiger charge is 2.18. The van der Waals surface area contributed by atoms with Crippen LogP contribution >= 0.6 is 0 Å². The Bertz CT molecular complexity index is 726. The summed E-state index contributed by atoms with van der Waals surface area (Å²) in [5.41, 5.74) is 1.54. The molecule has 0 radical (unpaired) electrons. The first-order chi connectivity index (χ1) is 10.9. The van der Waals surface area contributed by atoms with E-state index in [2.05, 4.69) is 11.9 Å². The molecule has 0 aliphatic heterocycles. The summed E-state index contributed by atoms with van der Waals surface area (Å²) in [6.07, 6.45) is 3.22. The molecule has 0 amide bonds. The molecule has 23 heavy (non-hydrogen) atoms. The lowest BCUT2D eigenvalue weighted by Crippen LogP contribution is -3.07. The minimum absolute atomic E-state index is 0.0534. The third kappa shape index (κ3) is 4.04. The van der Waals surface area contributed by atoms with Gasteiger partial charge in [0.25, 0.3) is 5.69 Å². The molecule has 0 aliphatic rings. The third-order valence-corrected chi connectivity index (χ3v) is 3.73. The van der Waals surface area contributed by atoms with Crippen LogP contribution in [0.3, 0.4) is 0 Å². The van der Waals surface area contributed by atoms with Crippen molar-refractivity contribution < 1.29 is 19.7 Å². The van der Waals surface area contributed by atoms with Gasteiger partial charge in [0.05, 0.1) is 30.4 Å². The molecule has 0 fully saturated rings. The van der Waals surface area contributed by atoms with Gasteiger partial charge in [0.1, 0.15) is 17.9 Å². The molecule has 1 unspecified atom stereocenters. The van der Waals surface area contributed by atoms with E-state index in [4.69, 9.17) is 0 Å². The smallest absolute Gasteiger partial charge is 0.286 e. The van der Waals surface area contributed by atoms with Crippen molar-refractivity contribution >= 4 is 17.3 Å². The molecule has 0 saturated heterocycles. The van der Waals surface area contributed by atoms with Crippen molar-refractivity contribution in [3.05, 3.63) is 39.8 Å². The number of unbranched alkanes of at least 4 members (excludes halogenated alkanes) is 1. The van der Waals surface area contributed by atoms with E-state index in [1.54, 1.807) is 4.40 Å². The molecule has 0 bridgehead atoms. The molecule has 2 aromatic rings. The number of nitrogens with one attached hydrogen (secondary N) is 1. The van der Waals surface area contributed by atoms with Gasteiger partial charge in [0.2, 0.25) is 0 Å². The van der Waals surface area contributed by atoms with Crippen LogP contribution in [0.25, 0.3) is 5.65 Å². The van der Waals surface area contributed by atoms with Gasteiger partial charge in [-0.2, -0.15) is 0 Å². The van der Waals surface area contributed by atoms with Crippen molar-refractivity contribution in [1.82, 2.24) is 9.38 Å². The molecular formula is C15H20N4O4. The number of pyridine rings is 1. The molecule has 8 nitrogen and oxygen atoms in total. The van der Waals surface area contributed by atoms with Gasteiger partial charge < -0.3 is 14.8 Å². The summed E-state index contributed by atoms with van der Waals surface area (Å²) < 4.78 is 1.62. The van der Waals surface area contributed by atoms with Gasteiger partial charge in [-0.15, -0.1) is 0 Å². The maximum absolute atomic E-state index is 11.0. The molecule has 2 aromatic heterocycles. The molecular weight excluding hydrogens is 300 g/mol. The molecule has 8 heteroatoms. The van der Waals surface area contributed by atoms with Gasteiger partial charge >= 0.3 is 0 Å². The Hall–Kier alpha value is -2.48. The summed E-state index contributed by atoms with van der Waals surface area (Å²) in [7, 11) is 2.01. The number of aromatic nitrogens is 2. The highest BCUT2D eigenvalue weighted by molar-refractivity contribution is 5.68. The average molecular weight is 320 g/mol. The van der Waals surface area contributed by atoms with E-state index in [0.29, 0.717) is 23.6 Å². The van der Waals surface area contributed by atoms with Crippen LogP contribution in [0.1, 0.15) is 31.2 Å². The lowest BCUT2D eigenvalue weighted by Gasteiger charge is -2.14. The van der Waals surface area contributed by atoms with E-state index < -0.39 is 10.9 Å². The zero-order valence-corrected chi connectivity index (χ0v) is 13.2. The first-order valence-electron chi connectivity index (χ1n) is 7.57. The van der Waals surface area contributed by atoms with Gasteiger partial charge in [0, 0.05) is 18.5 Å². The van der Waals surface area contributed by atoms with Crippen molar-refractivity contribution in [3.63, 3.8) is 0 Å². The average Bonchev–Trinajstić information content (AvgIpc) is 2.81. The Kier molecular flexibility index (Phi) is 5.28. The lowest BCUT2D eigenvalue weighted by atomic mass is 10.2. The van der Waals surface area contributed by atoms with Crippen LogP contribution < -0.4 is 10.0 Å². The number of fused-ring (bicyclic) bond motifs is 1. The zero-order valence-electron chi connectivity index (χ0n) is 13.2. The SMILES string of the molecule is CCCC[NH+](C)Cc1c(CC(=O)[O-])nc2ccc([N+](=O)[O-])cn12. The van der Waals surface area contributed by atoms with E-state index in [1.165, 1.54) is 23.2 Å². The standard InChI is InChI=1S/C15H20N4O4/c1-3-4-7-17(2)10-13-12(8-15(20)21)16-14-6-5-11(19(22)23)9-18(13)14/h5-6,9H,3-4,7-8,10H2,1-2H3,(H,20,21). The van der Waals surface area contributed by atoms with E-state index >= 15 is 0 Å². The second-order valence-corrected chi connectivity index (χ2v) is 5.66. The fourth-order valence-corrected chi connectivity index (χ4v) is 2.56. The molecule has 2 heterocycles. The predicted molar refractivity (Wildman–Crippen MR) is 80.9 cm³/mol. The molecule has 1 atom stereocenters. The van der Waals surface area contributed by atoms with Crippen LogP contribution in [0.2, 0.25) is 0 Å². The first-order valence-corrected chi connectivity index (χ1v) is 7.57. The van der Waals surface area contributed by atoms with E-state index in [9.17, 15) is 20.0 Å². The van der Waals surface area contributed by atoms with E-state index in [-0.39, 0.29) is 12.1 Å². The summed E-state index contributed by atoms with van der Waals surface area (Å²) in [6.45, 7) is 3.58. The van der Waals surface area contributed by atoms with Crippen molar-refractivity contribution in [2.45, 2.75) is 32.7 Å². The highest BCUT2D eigenvalue weighted by atomic mass is 16.6. The van der Waals surface area contributed by atoms with E-state index in [1.807, 2.05) is 7.05 Å². The maximum Gasteiger partial charge on any atom is 0.286 e. The third-order valence-electron chi connectivity index (χ3n) is 3.73. The lowest BCUT2D eigenvalue weighted by molar-refractivity contribution is -0.894. The van der Waals surface area contributed by atoms with Gasteiger partial charge in [-0.25, -0.2) is 4.98 Å². The Labute approximate surface area is 133 Å². The van der Waals surface area contributed by atoms with Crippen LogP contribution in [0.5, 0.6) is 0 Å². The molecule has 0 saturated carbocycles. The Balaban J connectivity index is 2.44. The number of quaternary nitrogens is 1. The number of carbonyl (C=O) groups is 1. The van der Waals surface area contributed by atoms with Crippen molar-refractivity contribution in [2.75, 3.05) is 13.6 Å². The maximum atomic E-state index is 11.0. The first kappa shape index (κ1) is 16.9. The van der Waals surface area contributed by atoms with Crippen LogP contribution in [-0.4, -0.2) is 33.9 Å². The topological polar surface area (TPSA) is 105 Å². The number of hydrogen-bond acceptors (Lipinski definition) is 5. The minimum atomic E-state index is -1.21. The van der Waals surface area contributed by atoms with Crippen molar-refractivity contribution in [3.8, 4) is 0 Å². The summed E-state index contributed by atoms with van der Waals surface area (Å²) in [5.74, 6) is -1.21. The molecule has 2 rings (SSSR count). The minimum Gasteiger partial charge on any atom is -0.550 e. The number of nitrogens with zero attached hydrogens (tertiary/aromatic N) is 3. The number of imidazole rings is 1. The van der Waals surface area contributed by atoms with Gasteiger partial charge in [0.15, 0.2) is 0 Å². The second kappa shape index (κ2) is 7.19. The summed E-state index contributed by atoms with van der Waals surface area (Å²) >= 11 is 0. The van der Waals surface area contributed by atoms with Crippen molar-refractivity contribution in [2.24, 2.45) is 0 Å². The largest absolute Gasteiger partial charge is 0.550 e. The summed E-state index contributed by atoms with van der Waals surface area (Å²) in [5, 5.41) is 21.9. The number of aliphatic carboxylic acids is 1.